The number of aryl methyl sites for hydroxylation is 1. The average molecular weight is 292 g/mol. The molecule has 0 aliphatic rings. The van der Waals surface area contributed by atoms with Gasteiger partial charge in [0.15, 0.2) is 11.6 Å². The average Bonchev–Trinajstić information content (AvgIpc) is 2.41. The number of pyridine rings is 1. The molecule has 1 atom stereocenters. The van der Waals surface area contributed by atoms with Gasteiger partial charge in [-0.1, -0.05) is 12.1 Å². The second-order valence-corrected chi connectivity index (χ2v) is 5.08. The summed E-state index contributed by atoms with van der Waals surface area (Å²) in [6.07, 6.45) is 0.558. The van der Waals surface area contributed by atoms with Gasteiger partial charge in [-0.15, -0.1) is 0 Å². The van der Waals surface area contributed by atoms with E-state index in [4.69, 9.17) is 10.5 Å². The van der Waals surface area contributed by atoms with Crippen LogP contribution in [0.5, 0.6) is 5.75 Å². The molecule has 3 nitrogen and oxygen atoms in total. The van der Waals surface area contributed by atoms with Crippen LogP contribution in [0, 0.1) is 18.6 Å². The maximum atomic E-state index is 13.6. The molecule has 0 radical (unpaired) electrons. The van der Waals surface area contributed by atoms with Crippen molar-refractivity contribution in [1.29, 1.82) is 0 Å². The summed E-state index contributed by atoms with van der Waals surface area (Å²) in [5, 5.41) is 0. The zero-order chi connectivity index (χ0) is 15.4. The van der Waals surface area contributed by atoms with E-state index < -0.39 is 11.6 Å². The predicted octanol–water partition coefficient (Wildman–Crippen LogP) is 3.14. The standard InChI is InChI=1S/C16H18F2N2O/c1-10(19)8-14-15(7-6-11(2)20-14)21-9-12-4-3-5-13(17)16(12)18/h3-7,10H,8-9,19H2,1-2H3. The summed E-state index contributed by atoms with van der Waals surface area (Å²) in [6.45, 7) is 3.70. The molecule has 2 aromatic rings. The fourth-order valence-corrected chi connectivity index (χ4v) is 2.00. The lowest BCUT2D eigenvalue weighted by Gasteiger charge is -2.13. The Balaban J connectivity index is 2.18. The Morgan fingerprint density at radius 3 is 2.71 bits per heavy atom. The topological polar surface area (TPSA) is 48.1 Å². The highest BCUT2D eigenvalue weighted by atomic mass is 19.2. The summed E-state index contributed by atoms with van der Waals surface area (Å²) in [5.74, 6) is -1.22. The van der Waals surface area contributed by atoms with Crippen molar-refractivity contribution in [3.8, 4) is 5.75 Å². The summed E-state index contributed by atoms with van der Waals surface area (Å²) in [5.41, 5.74) is 7.54. The summed E-state index contributed by atoms with van der Waals surface area (Å²) in [7, 11) is 0. The zero-order valence-corrected chi connectivity index (χ0v) is 12.1. The second-order valence-electron chi connectivity index (χ2n) is 5.08. The lowest BCUT2D eigenvalue weighted by molar-refractivity contribution is 0.292. The van der Waals surface area contributed by atoms with E-state index in [1.165, 1.54) is 12.1 Å². The Morgan fingerprint density at radius 2 is 2.00 bits per heavy atom. The first-order valence-electron chi connectivity index (χ1n) is 6.75. The maximum absolute atomic E-state index is 13.6. The normalized spacial score (nSPS) is 12.2. The molecule has 2 rings (SSSR count). The number of halogens is 2. The number of aromatic nitrogens is 1. The van der Waals surface area contributed by atoms with E-state index in [2.05, 4.69) is 4.98 Å². The molecule has 0 bridgehead atoms. The Kier molecular flexibility index (Phi) is 4.85. The van der Waals surface area contributed by atoms with Crippen LogP contribution in [-0.2, 0) is 13.0 Å². The molecule has 1 aromatic carbocycles. The van der Waals surface area contributed by atoms with Crippen LogP contribution in [0.1, 0.15) is 23.9 Å². The molecule has 0 amide bonds. The molecular weight excluding hydrogens is 274 g/mol. The van der Waals surface area contributed by atoms with Crippen LogP contribution in [0.3, 0.4) is 0 Å². The number of nitrogens with zero attached hydrogens (tertiary/aromatic N) is 1. The molecule has 2 N–H and O–H groups in total. The molecular formula is C16H18F2N2O. The molecule has 0 spiro atoms. The van der Waals surface area contributed by atoms with Crippen LogP contribution in [0.15, 0.2) is 30.3 Å². The van der Waals surface area contributed by atoms with Crippen molar-refractivity contribution in [1.82, 2.24) is 4.98 Å². The Bertz CT molecular complexity index is 630. The quantitative estimate of drug-likeness (QED) is 0.921. The fourth-order valence-electron chi connectivity index (χ4n) is 2.00. The number of rotatable bonds is 5. The highest BCUT2D eigenvalue weighted by Gasteiger charge is 2.11. The largest absolute Gasteiger partial charge is 0.487 e. The summed E-state index contributed by atoms with van der Waals surface area (Å²) < 4.78 is 32.3. The van der Waals surface area contributed by atoms with E-state index in [9.17, 15) is 8.78 Å². The smallest absolute Gasteiger partial charge is 0.165 e. The monoisotopic (exact) mass is 292 g/mol. The third kappa shape index (κ3) is 3.98. The van der Waals surface area contributed by atoms with E-state index in [1.54, 1.807) is 6.07 Å². The molecule has 5 heteroatoms. The minimum Gasteiger partial charge on any atom is -0.487 e. The molecule has 1 unspecified atom stereocenters. The van der Waals surface area contributed by atoms with Crippen molar-refractivity contribution < 1.29 is 13.5 Å². The van der Waals surface area contributed by atoms with Crippen LogP contribution < -0.4 is 10.5 Å². The first-order valence-corrected chi connectivity index (χ1v) is 6.75. The summed E-state index contributed by atoms with van der Waals surface area (Å²) in [4.78, 5) is 4.39. The molecule has 1 heterocycles. The Morgan fingerprint density at radius 1 is 1.24 bits per heavy atom. The second kappa shape index (κ2) is 6.63. The minimum atomic E-state index is -0.883. The predicted molar refractivity (Wildman–Crippen MR) is 77.0 cm³/mol. The SMILES string of the molecule is Cc1ccc(OCc2cccc(F)c2F)c(CC(C)N)n1. The number of nitrogens with two attached hydrogens (primary N) is 1. The van der Waals surface area contributed by atoms with Crippen LogP contribution in [0.4, 0.5) is 8.78 Å². The van der Waals surface area contributed by atoms with Crippen LogP contribution in [0.25, 0.3) is 0 Å². The summed E-state index contributed by atoms with van der Waals surface area (Å²) in [6, 6.07) is 7.54. The van der Waals surface area contributed by atoms with Gasteiger partial charge >= 0.3 is 0 Å². The number of ether oxygens (including phenoxy) is 1. The van der Waals surface area contributed by atoms with Gasteiger partial charge in [-0.3, -0.25) is 4.98 Å². The van der Waals surface area contributed by atoms with Gasteiger partial charge in [0.2, 0.25) is 0 Å². The fraction of sp³-hybridized carbons (Fsp3) is 0.312. The van der Waals surface area contributed by atoms with E-state index in [0.29, 0.717) is 12.2 Å². The Hall–Kier alpha value is -2.01. The van der Waals surface area contributed by atoms with Crippen molar-refractivity contribution in [2.75, 3.05) is 0 Å². The van der Waals surface area contributed by atoms with Gasteiger partial charge in [0.25, 0.3) is 0 Å². The molecule has 0 saturated heterocycles. The van der Waals surface area contributed by atoms with Gasteiger partial charge in [-0.05, 0) is 32.0 Å². The molecule has 0 aliphatic heterocycles. The first-order chi connectivity index (χ1) is 9.97. The van der Waals surface area contributed by atoms with Crippen LogP contribution >= 0.6 is 0 Å². The molecule has 0 aliphatic carbocycles. The van der Waals surface area contributed by atoms with E-state index in [-0.39, 0.29) is 18.2 Å². The summed E-state index contributed by atoms with van der Waals surface area (Å²) >= 11 is 0. The zero-order valence-electron chi connectivity index (χ0n) is 12.1. The maximum Gasteiger partial charge on any atom is 0.165 e. The highest BCUT2D eigenvalue weighted by Crippen LogP contribution is 2.21. The first kappa shape index (κ1) is 15.4. The molecule has 1 aromatic heterocycles. The van der Waals surface area contributed by atoms with Gasteiger partial charge in [0, 0.05) is 23.7 Å². The van der Waals surface area contributed by atoms with Gasteiger partial charge in [-0.2, -0.15) is 0 Å². The molecule has 0 saturated carbocycles. The van der Waals surface area contributed by atoms with Gasteiger partial charge in [0.1, 0.15) is 12.4 Å². The number of hydrogen-bond acceptors (Lipinski definition) is 3. The van der Waals surface area contributed by atoms with E-state index in [1.807, 2.05) is 19.9 Å². The lowest BCUT2D eigenvalue weighted by Crippen LogP contribution is -2.19. The molecule has 0 fully saturated rings. The minimum absolute atomic E-state index is 0.0553. The van der Waals surface area contributed by atoms with Gasteiger partial charge in [0.05, 0.1) is 5.69 Å². The van der Waals surface area contributed by atoms with Crippen molar-refractivity contribution in [2.24, 2.45) is 5.73 Å². The van der Waals surface area contributed by atoms with E-state index in [0.717, 1.165) is 17.5 Å². The van der Waals surface area contributed by atoms with Crippen LogP contribution in [0.2, 0.25) is 0 Å². The number of hydrogen-bond donors (Lipinski definition) is 1. The van der Waals surface area contributed by atoms with Crippen LogP contribution in [-0.4, -0.2) is 11.0 Å². The number of benzene rings is 1. The molecule has 112 valence electrons. The third-order valence-electron chi connectivity index (χ3n) is 3.00. The van der Waals surface area contributed by atoms with Crippen molar-refractivity contribution in [3.05, 3.63) is 58.9 Å². The van der Waals surface area contributed by atoms with Crippen molar-refractivity contribution in [3.63, 3.8) is 0 Å². The lowest BCUT2D eigenvalue weighted by atomic mass is 10.1. The van der Waals surface area contributed by atoms with Crippen molar-refractivity contribution in [2.45, 2.75) is 32.9 Å². The van der Waals surface area contributed by atoms with E-state index >= 15 is 0 Å². The third-order valence-corrected chi connectivity index (χ3v) is 3.00. The highest BCUT2D eigenvalue weighted by molar-refractivity contribution is 5.30. The molecule has 21 heavy (non-hydrogen) atoms. The van der Waals surface area contributed by atoms with Gasteiger partial charge in [-0.25, -0.2) is 8.78 Å². The van der Waals surface area contributed by atoms with Gasteiger partial charge < -0.3 is 10.5 Å². The Labute approximate surface area is 122 Å². The van der Waals surface area contributed by atoms with Crippen molar-refractivity contribution >= 4 is 0 Å².